The zero-order chi connectivity index (χ0) is 13.8. The van der Waals surface area contributed by atoms with Crippen molar-refractivity contribution < 1.29 is 9.90 Å². The van der Waals surface area contributed by atoms with Crippen LogP contribution in [0, 0.1) is 18.3 Å². The molecule has 1 N–H and O–H groups in total. The van der Waals surface area contributed by atoms with Crippen LogP contribution in [0.3, 0.4) is 0 Å². The topological polar surface area (TPSA) is 37.3 Å². The van der Waals surface area contributed by atoms with Gasteiger partial charge in [-0.1, -0.05) is 38.7 Å². The molecule has 0 aliphatic heterocycles. The fourth-order valence-corrected chi connectivity index (χ4v) is 2.03. The van der Waals surface area contributed by atoms with Gasteiger partial charge in [-0.05, 0) is 32.1 Å². The number of terminal acetylenes is 1. The number of aliphatic carboxylic acids is 1. The zero-order valence-corrected chi connectivity index (χ0v) is 11.7. The second kappa shape index (κ2) is 10.9. The lowest BCUT2D eigenvalue weighted by Crippen LogP contribution is -2.03. The Balaban J connectivity index is 4.20. The van der Waals surface area contributed by atoms with Crippen molar-refractivity contribution >= 4 is 5.97 Å². The number of hydrogen-bond acceptors (Lipinski definition) is 1. The molecule has 102 valence electrons. The molecule has 2 heteroatoms. The second-order valence-corrected chi connectivity index (χ2v) is 4.86. The molecule has 0 spiro atoms. The minimum Gasteiger partial charge on any atom is -0.478 e. The minimum absolute atomic E-state index is 0.394. The Hall–Kier alpha value is -1.23. The molecule has 0 heterocycles. The number of hydrogen-bond donors (Lipinski definition) is 1. The SMILES string of the molecule is C#CCCCCC(/C=C(\C)C(=O)O)CCCCC. The summed E-state index contributed by atoms with van der Waals surface area (Å²) in [5.74, 6) is 2.23. The van der Waals surface area contributed by atoms with E-state index in [1.54, 1.807) is 6.92 Å². The van der Waals surface area contributed by atoms with Crippen molar-refractivity contribution in [3.63, 3.8) is 0 Å². The van der Waals surface area contributed by atoms with Crippen LogP contribution in [0.15, 0.2) is 11.6 Å². The maximum Gasteiger partial charge on any atom is 0.330 e. The summed E-state index contributed by atoms with van der Waals surface area (Å²) >= 11 is 0. The first-order valence-electron chi connectivity index (χ1n) is 6.97. The molecule has 2 nitrogen and oxygen atoms in total. The van der Waals surface area contributed by atoms with Gasteiger partial charge in [0, 0.05) is 12.0 Å². The summed E-state index contributed by atoms with van der Waals surface area (Å²) in [5.41, 5.74) is 0.466. The highest BCUT2D eigenvalue weighted by molar-refractivity contribution is 5.85. The van der Waals surface area contributed by atoms with Gasteiger partial charge in [0.05, 0.1) is 0 Å². The lowest BCUT2D eigenvalue weighted by Gasteiger charge is -2.13. The summed E-state index contributed by atoms with van der Waals surface area (Å²) < 4.78 is 0. The third-order valence-corrected chi connectivity index (χ3v) is 3.15. The van der Waals surface area contributed by atoms with Gasteiger partial charge in [-0.25, -0.2) is 4.79 Å². The summed E-state index contributed by atoms with van der Waals surface area (Å²) in [7, 11) is 0. The smallest absolute Gasteiger partial charge is 0.330 e. The number of carboxylic acid groups (broad SMARTS) is 1. The Kier molecular flexibility index (Phi) is 10.2. The van der Waals surface area contributed by atoms with Gasteiger partial charge < -0.3 is 5.11 Å². The normalized spacial score (nSPS) is 13.1. The van der Waals surface area contributed by atoms with Gasteiger partial charge in [-0.2, -0.15) is 0 Å². The van der Waals surface area contributed by atoms with E-state index in [0.717, 1.165) is 32.1 Å². The molecule has 0 saturated heterocycles. The Morgan fingerprint density at radius 3 is 2.39 bits per heavy atom. The quantitative estimate of drug-likeness (QED) is 0.354. The van der Waals surface area contributed by atoms with Crippen LogP contribution < -0.4 is 0 Å². The third kappa shape index (κ3) is 8.87. The molecule has 0 rings (SSSR count). The number of rotatable bonds is 10. The molecule has 0 saturated carbocycles. The van der Waals surface area contributed by atoms with Gasteiger partial charge >= 0.3 is 5.97 Å². The predicted octanol–water partition coefficient (Wildman–Crippen LogP) is 4.41. The first-order valence-corrected chi connectivity index (χ1v) is 6.97. The van der Waals surface area contributed by atoms with Crippen LogP contribution >= 0.6 is 0 Å². The number of carboxylic acids is 1. The van der Waals surface area contributed by atoms with Crippen LogP contribution in [0.5, 0.6) is 0 Å². The van der Waals surface area contributed by atoms with E-state index in [2.05, 4.69) is 12.8 Å². The molecular formula is C16H26O2. The monoisotopic (exact) mass is 250 g/mol. The molecule has 0 radical (unpaired) electrons. The van der Waals surface area contributed by atoms with Gasteiger partial charge in [0.15, 0.2) is 0 Å². The van der Waals surface area contributed by atoms with Gasteiger partial charge in [0.2, 0.25) is 0 Å². The van der Waals surface area contributed by atoms with Crippen molar-refractivity contribution in [2.75, 3.05) is 0 Å². The van der Waals surface area contributed by atoms with Crippen LogP contribution in [-0.4, -0.2) is 11.1 Å². The molecule has 0 aliphatic rings. The van der Waals surface area contributed by atoms with Crippen molar-refractivity contribution in [1.82, 2.24) is 0 Å². The van der Waals surface area contributed by atoms with E-state index in [1.807, 2.05) is 6.08 Å². The molecule has 0 aliphatic carbocycles. The summed E-state index contributed by atoms with van der Waals surface area (Å²) in [6.07, 6.45) is 15.8. The van der Waals surface area contributed by atoms with Crippen LogP contribution in [0.4, 0.5) is 0 Å². The standard InChI is InChI=1S/C16H26O2/c1-4-6-8-10-12-15(11-9-7-5-2)13-14(3)16(17)18/h1,13,15H,5-12H2,2-3H3,(H,17,18)/b14-13+. The fraction of sp³-hybridized carbons (Fsp3) is 0.688. The second-order valence-electron chi connectivity index (χ2n) is 4.86. The molecule has 0 aromatic heterocycles. The molecule has 0 amide bonds. The first kappa shape index (κ1) is 16.8. The highest BCUT2D eigenvalue weighted by atomic mass is 16.4. The van der Waals surface area contributed by atoms with Gasteiger partial charge in [-0.15, -0.1) is 12.3 Å². The highest BCUT2D eigenvalue weighted by Gasteiger charge is 2.08. The minimum atomic E-state index is -0.806. The van der Waals surface area contributed by atoms with E-state index in [4.69, 9.17) is 11.5 Å². The Labute approximate surface area is 111 Å². The molecule has 0 fully saturated rings. The van der Waals surface area contributed by atoms with Crippen LogP contribution in [0.2, 0.25) is 0 Å². The van der Waals surface area contributed by atoms with Crippen molar-refractivity contribution in [1.29, 1.82) is 0 Å². The van der Waals surface area contributed by atoms with Crippen molar-refractivity contribution in [2.24, 2.45) is 5.92 Å². The summed E-state index contributed by atoms with van der Waals surface area (Å²) in [4.78, 5) is 10.8. The summed E-state index contributed by atoms with van der Waals surface area (Å²) in [5, 5.41) is 8.92. The van der Waals surface area contributed by atoms with E-state index in [1.165, 1.54) is 19.3 Å². The third-order valence-electron chi connectivity index (χ3n) is 3.15. The number of unbranched alkanes of at least 4 members (excludes halogenated alkanes) is 4. The average Bonchev–Trinajstić information content (AvgIpc) is 2.34. The number of allylic oxidation sites excluding steroid dienone is 1. The van der Waals surface area contributed by atoms with Crippen LogP contribution in [0.1, 0.15) is 65.2 Å². The fourth-order valence-electron chi connectivity index (χ4n) is 2.03. The highest BCUT2D eigenvalue weighted by Crippen LogP contribution is 2.20. The van der Waals surface area contributed by atoms with Crippen molar-refractivity contribution in [3.05, 3.63) is 11.6 Å². The Bertz CT molecular complexity index is 297. The predicted molar refractivity (Wildman–Crippen MR) is 76.3 cm³/mol. The van der Waals surface area contributed by atoms with Crippen LogP contribution in [-0.2, 0) is 4.79 Å². The zero-order valence-electron chi connectivity index (χ0n) is 11.7. The van der Waals surface area contributed by atoms with E-state index < -0.39 is 5.97 Å². The molecule has 18 heavy (non-hydrogen) atoms. The summed E-state index contributed by atoms with van der Waals surface area (Å²) in [6, 6.07) is 0. The van der Waals surface area contributed by atoms with Crippen molar-refractivity contribution in [2.45, 2.75) is 65.2 Å². The van der Waals surface area contributed by atoms with E-state index >= 15 is 0 Å². The number of carbonyl (C=O) groups is 1. The average molecular weight is 250 g/mol. The van der Waals surface area contributed by atoms with E-state index in [0.29, 0.717) is 11.5 Å². The van der Waals surface area contributed by atoms with Gasteiger partial charge in [0.1, 0.15) is 0 Å². The lowest BCUT2D eigenvalue weighted by atomic mass is 9.93. The van der Waals surface area contributed by atoms with Crippen LogP contribution in [0.25, 0.3) is 0 Å². The molecular weight excluding hydrogens is 224 g/mol. The maximum absolute atomic E-state index is 10.8. The van der Waals surface area contributed by atoms with Gasteiger partial charge in [-0.3, -0.25) is 0 Å². The van der Waals surface area contributed by atoms with E-state index in [9.17, 15) is 4.79 Å². The van der Waals surface area contributed by atoms with E-state index in [-0.39, 0.29) is 0 Å². The maximum atomic E-state index is 10.8. The Morgan fingerprint density at radius 1 is 1.28 bits per heavy atom. The van der Waals surface area contributed by atoms with Crippen molar-refractivity contribution in [3.8, 4) is 12.3 Å². The first-order chi connectivity index (χ1) is 8.61. The molecule has 0 bridgehead atoms. The van der Waals surface area contributed by atoms with Gasteiger partial charge in [0.25, 0.3) is 0 Å². The Morgan fingerprint density at radius 2 is 1.89 bits per heavy atom. The molecule has 1 atom stereocenters. The lowest BCUT2D eigenvalue weighted by molar-refractivity contribution is -0.132. The summed E-state index contributed by atoms with van der Waals surface area (Å²) in [6.45, 7) is 3.86. The molecule has 0 aromatic carbocycles. The molecule has 0 aromatic rings. The molecule has 1 unspecified atom stereocenters. The largest absolute Gasteiger partial charge is 0.478 e.